The molecule has 2 N–H and O–H groups in total. The molecule has 0 radical (unpaired) electrons. The van der Waals surface area contributed by atoms with Gasteiger partial charge in [0.05, 0.1) is 35.8 Å². The second-order valence-corrected chi connectivity index (χ2v) is 9.97. The zero-order chi connectivity index (χ0) is 27.4. The number of aromatic nitrogens is 1. The van der Waals surface area contributed by atoms with Gasteiger partial charge in [0.2, 0.25) is 0 Å². The molecule has 1 aromatic heterocycles. The van der Waals surface area contributed by atoms with E-state index in [4.69, 9.17) is 4.74 Å². The van der Waals surface area contributed by atoms with Crippen LogP contribution in [0.1, 0.15) is 11.3 Å². The van der Waals surface area contributed by atoms with Gasteiger partial charge in [-0.15, -0.1) is 11.8 Å². The van der Waals surface area contributed by atoms with Crippen LogP contribution in [-0.2, 0) is 17.5 Å². The molecule has 0 bridgehead atoms. The van der Waals surface area contributed by atoms with Gasteiger partial charge in [-0.05, 0) is 47.5 Å². The first-order valence-electron chi connectivity index (χ1n) is 12.4. The highest BCUT2D eigenvalue weighted by molar-refractivity contribution is 7.98. The van der Waals surface area contributed by atoms with E-state index in [2.05, 4.69) is 20.5 Å². The third-order valence-corrected chi connectivity index (χ3v) is 7.37. The lowest BCUT2D eigenvalue weighted by Crippen LogP contribution is -2.35. The Balaban J connectivity index is 1.36. The van der Waals surface area contributed by atoms with E-state index in [1.165, 1.54) is 17.8 Å². The van der Waals surface area contributed by atoms with Crippen LogP contribution < -0.4 is 10.6 Å². The van der Waals surface area contributed by atoms with E-state index < -0.39 is 17.8 Å². The second kappa shape index (κ2) is 11.6. The number of ether oxygens (including phenoxy) is 1. The number of rotatable bonds is 6. The number of halogens is 3. The van der Waals surface area contributed by atoms with Crippen molar-refractivity contribution < 1.29 is 22.7 Å². The van der Waals surface area contributed by atoms with E-state index in [-0.39, 0.29) is 5.69 Å². The number of nitrogens with one attached hydrogen (secondary N) is 2. The number of nitrogens with zero attached hydrogens (tertiary/aromatic N) is 2. The quantitative estimate of drug-likeness (QED) is 0.250. The molecule has 0 saturated carbocycles. The normalized spacial score (nSPS) is 14.4. The molecular weight excluding hydrogens is 525 g/mol. The van der Waals surface area contributed by atoms with Gasteiger partial charge in [-0.1, -0.05) is 36.4 Å². The fourth-order valence-electron chi connectivity index (χ4n) is 4.58. The van der Waals surface area contributed by atoms with Crippen LogP contribution in [0.25, 0.3) is 21.9 Å². The summed E-state index contributed by atoms with van der Waals surface area (Å²) in [6, 6.07) is 18.1. The summed E-state index contributed by atoms with van der Waals surface area (Å²) >= 11 is 1.25. The Morgan fingerprint density at radius 1 is 0.974 bits per heavy atom. The molecule has 1 saturated heterocycles. The Kier molecular flexibility index (Phi) is 8.06. The molecule has 5 rings (SSSR count). The third-order valence-electron chi connectivity index (χ3n) is 6.57. The average molecular weight is 553 g/mol. The maximum atomic E-state index is 13.2. The Hall–Kier alpha value is -3.60. The molecule has 2 amide bonds. The van der Waals surface area contributed by atoms with Crippen LogP contribution >= 0.6 is 11.8 Å². The maximum absolute atomic E-state index is 13.2. The zero-order valence-corrected chi connectivity index (χ0v) is 22.0. The summed E-state index contributed by atoms with van der Waals surface area (Å²) in [5, 5.41) is 7.11. The van der Waals surface area contributed by atoms with Crippen molar-refractivity contribution in [3.8, 4) is 11.1 Å². The molecule has 0 spiro atoms. The van der Waals surface area contributed by atoms with Crippen molar-refractivity contribution >= 4 is 39.9 Å². The van der Waals surface area contributed by atoms with Crippen LogP contribution in [-0.4, -0.2) is 48.5 Å². The molecule has 0 aliphatic carbocycles. The third kappa shape index (κ3) is 6.35. The van der Waals surface area contributed by atoms with Gasteiger partial charge in [0.25, 0.3) is 0 Å². The van der Waals surface area contributed by atoms with E-state index in [9.17, 15) is 18.0 Å². The molecule has 39 heavy (non-hydrogen) atoms. The minimum absolute atomic E-state index is 0.0963. The predicted octanol–water partition coefficient (Wildman–Crippen LogP) is 7.12. The van der Waals surface area contributed by atoms with Gasteiger partial charge in [-0.25, -0.2) is 4.79 Å². The maximum Gasteiger partial charge on any atom is 0.416 e. The number of pyridine rings is 1. The highest BCUT2D eigenvalue weighted by Crippen LogP contribution is 2.36. The van der Waals surface area contributed by atoms with Crippen LogP contribution in [0.2, 0.25) is 0 Å². The van der Waals surface area contributed by atoms with E-state index in [0.717, 1.165) is 72.6 Å². The van der Waals surface area contributed by atoms with E-state index >= 15 is 0 Å². The summed E-state index contributed by atoms with van der Waals surface area (Å²) in [6.45, 7) is 4.03. The van der Waals surface area contributed by atoms with Crippen LogP contribution in [0.4, 0.5) is 29.3 Å². The van der Waals surface area contributed by atoms with Gasteiger partial charge in [-0.3, -0.25) is 9.88 Å². The first-order chi connectivity index (χ1) is 18.8. The summed E-state index contributed by atoms with van der Waals surface area (Å²) in [5.74, 6) is 0. The van der Waals surface area contributed by atoms with Crippen LogP contribution in [0.5, 0.6) is 0 Å². The predicted molar refractivity (Wildman–Crippen MR) is 149 cm³/mol. The van der Waals surface area contributed by atoms with E-state index in [0.29, 0.717) is 10.6 Å². The fourth-order valence-corrected chi connectivity index (χ4v) is 5.12. The summed E-state index contributed by atoms with van der Waals surface area (Å²) < 4.78 is 45.1. The number of benzene rings is 3. The largest absolute Gasteiger partial charge is 0.416 e. The molecule has 0 atom stereocenters. The van der Waals surface area contributed by atoms with Gasteiger partial charge < -0.3 is 15.4 Å². The lowest BCUT2D eigenvalue weighted by Gasteiger charge is -2.26. The average Bonchev–Trinajstić information content (AvgIpc) is 2.94. The molecular formula is C29H27F3N4O2S. The second-order valence-electron chi connectivity index (χ2n) is 9.12. The highest BCUT2D eigenvalue weighted by Gasteiger charge is 2.31. The zero-order valence-electron chi connectivity index (χ0n) is 21.2. The number of amides is 2. The molecule has 2 heterocycles. The molecule has 1 aliphatic rings. The standard InChI is InChI=1S/C29H27F3N4O2S/c1-39-27-11-7-20(29(30,31)32)16-26(27)35-28(37)34-25-10-9-22(23-4-2-3-5-24(23)25)19-6-8-21(33-17-19)18-36-12-14-38-15-13-36/h2-11,16-17H,12-15,18H2,1H3,(H2,34,35,37). The number of urea groups is 1. The van der Waals surface area contributed by atoms with Crippen molar-refractivity contribution in [3.05, 3.63) is 84.2 Å². The van der Waals surface area contributed by atoms with Gasteiger partial charge in [-0.2, -0.15) is 13.2 Å². The lowest BCUT2D eigenvalue weighted by atomic mass is 9.98. The minimum atomic E-state index is -4.51. The van der Waals surface area contributed by atoms with Crippen LogP contribution in [0, 0.1) is 0 Å². The Morgan fingerprint density at radius 3 is 2.41 bits per heavy atom. The van der Waals surface area contributed by atoms with Crippen molar-refractivity contribution in [1.29, 1.82) is 0 Å². The number of morpholine rings is 1. The highest BCUT2D eigenvalue weighted by atomic mass is 32.2. The van der Waals surface area contributed by atoms with Crippen LogP contribution in [0.15, 0.2) is 77.8 Å². The summed E-state index contributed by atoms with van der Waals surface area (Å²) in [6.07, 6.45) is -0.914. The van der Waals surface area contributed by atoms with Gasteiger partial charge in [0.1, 0.15) is 0 Å². The summed E-state index contributed by atoms with van der Waals surface area (Å²) in [4.78, 5) is 20.4. The topological polar surface area (TPSA) is 66.5 Å². The Labute approximate surface area is 228 Å². The molecule has 10 heteroatoms. The van der Waals surface area contributed by atoms with Crippen molar-refractivity contribution in [3.63, 3.8) is 0 Å². The number of anilines is 2. The van der Waals surface area contributed by atoms with Crippen molar-refractivity contribution in [2.24, 2.45) is 0 Å². The molecule has 202 valence electrons. The monoisotopic (exact) mass is 552 g/mol. The summed E-state index contributed by atoms with van der Waals surface area (Å²) in [5.41, 5.74) is 2.71. The molecule has 3 aromatic carbocycles. The number of carbonyl (C=O) groups excluding carboxylic acids is 1. The van der Waals surface area contributed by atoms with Crippen molar-refractivity contribution in [1.82, 2.24) is 9.88 Å². The van der Waals surface area contributed by atoms with Crippen molar-refractivity contribution in [2.75, 3.05) is 43.2 Å². The fraction of sp³-hybridized carbons (Fsp3) is 0.241. The Morgan fingerprint density at radius 2 is 1.72 bits per heavy atom. The molecule has 0 unspecified atom stereocenters. The number of hydrogen-bond acceptors (Lipinski definition) is 5. The van der Waals surface area contributed by atoms with E-state index in [1.807, 2.05) is 48.7 Å². The van der Waals surface area contributed by atoms with E-state index in [1.54, 1.807) is 12.3 Å². The number of alkyl halides is 3. The van der Waals surface area contributed by atoms with Crippen LogP contribution in [0.3, 0.4) is 0 Å². The number of fused-ring (bicyclic) bond motifs is 1. The lowest BCUT2D eigenvalue weighted by molar-refractivity contribution is -0.137. The first-order valence-corrected chi connectivity index (χ1v) is 13.6. The smallest absolute Gasteiger partial charge is 0.379 e. The summed E-state index contributed by atoms with van der Waals surface area (Å²) in [7, 11) is 0. The SMILES string of the molecule is CSc1ccc(C(F)(F)F)cc1NC(=O)Nc1ccc(-c2ccc(CN3CCOCC3)nc2)c2ccccc12. The van der Waals surface area contributed by atoms with Gasteiger partial charge in [0.15, 0.2) is 0 Å². The first kappa shape index (κ1) is 27.0. The van der Waals surface area contributed by atoms with Gasteiger partial charge in [0, 0.05) is 41.7 Å². The Bertz CT molecular complexity index is 1470. The molecule has 6 nitrogen and oxygen atoms in total. The molecule has 1 aliphatic heterocycles. The number of carbonyl (C=O) groups is 1. The van der Waals surface area contributed by atoms with Gasteiger partial charge >= 0.3 is 12.2 Å². The number of thioether (sulfide) groups is 1. The number of hydrogen-bond donors (Lipinski definition) is 2. The minimum Gasteiger partial charge on any atom is -0.379 e. The molecule has 1 fully saturated rings. The van der Waals surface area contributed by atoms with Crippen molar-refractivity contribution in [2.45, 2.75) is 17.6 Å². The molecule has 4 aromatic rings.